The first-order valence-corrected chi connectivity index (χ1v) is 3.47. The van der Waals surface area contributed by atoms with Gasteiger partial charge in [-0.1, -0.05) is 30.3 Å². The first-order chi connectivity index (χ1) is 4.79. The van der Waals surface area contributed by atoms with Crippen molar-refractivity contribution in [2.75, 3.05) is 14.1 Å². The molecule has 0 heterocycles. The molecule has 0 aromatic heterocycles. The van der Waals surface area contributed by atoms with Gasteiger partial charge in [0.25, 0.3) is 0 Å². The number of nitrogens with zero attached hydrogens (tertiary/aromatic N) is 1. The molecule has 0 spiro atoms. The molecule has 0 bridgehead atoms. The summed E-state index contributed by atoms with van der Waals surface area (Å²) in [5, 5.41) is 0. The third-order valence-electron chi connectivity index (χ3n) is 1.34. The van der Waals surface area contributed by atoms with Crippen molar-refractivity contribution in [3.63, 3.8) is 0 Å². The van der Waals surface area contributed by atoms with Crippen LogP contribution in [0, 0.1) is 0 Å². The molecule has 0 aliphatic rings. The van der Waals surface area contributed by atoms with E-state index in [1.807, 2.05) is 6.07 Å². The zero-order valence-electron chi connectivity index (χ0n) is 9.95. The zero-order chi connectivity index (χ0) is 7.40. The quantitative estimate of drug-likeness (QED) is 0.698. The minimum absolute atomic E-state index is 0. The van der Waals surface area contributed by atoms with Gasteiger partial charge in [0.2, 0.25) is 0 Å². The Morgan fingerprint density at radius 2 is 1.36 bits per heavy atom. The summed E-state index contributed by atoms with van der Waals surface area (Å²) in [6, 6.07) is 10.5. The SMILES string of the molecule is CN(C)Cc1ccccc1.Cl.[Na].[Na].[Na]. The van der Waals surface area contributed by atoms with Crippen LogP contribution < -0.4 is 0 Å². The van der Waals surface area contributed by atoms with E-state index in [1.165, 1.54) is 5.56 Å². The van der Waals surface area contributed by atoms with Gasteiger partial charge in [-0.15, -0.1) is 12.4 Å². The van der Waals surface area contributed by atoms with E-state index in [4.69, 9.17) is 0 Å². The van der Waals surface area contributed by atoms with E-state index in [9.17, 15) is 0 Å². The van der Waals surface area contributed by atoms with E-state index in [0.29, 0.717) is 0 Å². The van der Waals surface area contributed by atoms with Gasteiger partial charge in [-0.05, 0) is 19.7 Å². The minimum atomic E-state index is 0. The Hall–Kier alpha value is 2.47. The fraction of sp³-hybridized carbons (Fsp3) is 0.333. The largest absolute Gasteiger partial charge is 0.305 e. The van der Waals surface area contributed by atoms with Crippen LogP contribution in [0.15, 0.2) is 30.3 Å². The summed E-state index contributed by atoms with van der Waals surface area (Å²) in [6.07, 6.45) is 0. The van der Waals surface area contributed by atoms with E-state index in [1.54, 1.807) is 0 Å². The van der Waals surface area contributed by atoms with Crippen molar-refractivity contribution < 1.29 is 0 Å². The van der Waals surface area contributed by atoms with Crippen LogP contribution in [0.5, 0.6) is 0 Å². The maximum absolute atomic E-state index is 2.16. The minimum Gasteiger partial charge on any atom is -0.305 e. The maximum atomic E-state index is 2.16. The zero-order valence-corrected chi connectivity index (χ0v) is 16.8. The summed E-state index contributed by atoms with van der Waals surface area (Å²) in [5.74, 6) is 0. The molecule has 0 N–H and O–H groups in total. The Bertz CT molecular complexity index is 195. The summed E-state index contributed by atoms with van der Waals surface area (Å²) < 4.78 is 0. The van der Waals surface area contributed by atoms with Crippen LogP contribution in [0.25, 0.3) is 0 Å². The number of hydrogen-bond donors (Lipinski definition) is 0. The first kappa shape index (κ1) is 25.3. The second kappa shape index (κ2) is 15.5. The predicted molar refractivity (Wildman–Crippen MR) is 68.3 cm³/mol. The van der Waals surface area contributed by atoms with Gasteiger partial charge in [-0.2, -0.15) is 0 Å². The molecule has 14 heavy (non-hydrogen) atoms. The third-order valence-corrected chi connectivity index (χ3v) is 1.34. The second-order valence-electron chi connectivity index (χ2n) is 2.72. The summed E-state index contributed by atoms with van der Waals surface area (Å²) in [7, 11) is 4.15. The number of benzene rings is 1. The van der Waals surface area contributed by atoms with Crippen LogP contribution in [0.1, 0.15) is 5.56 Å². The van der Waals surface area contributed by atoms with Gasteiger partial charge in [0, 0.05) is 95.2 Å². The fourth-order valence-electron chi connectivity index (χ4n) is 0.949. The van der Waals surface area contributed by atoms with Gasteiger partial charge in [-0.3, -0.25) is 0 Å². The summed E-state index contributed by atoms with van der Waals surface area (Å²) >= 11 is 0. The Balaban J connectivity index is -0.000000125. The number of halogens is 1. The van der Waals surface area contributed by atoms with Gasteiger partial charge in [0.05, 0.1) is 0 Å². The van der Waals surface area contributed by atoms with Crippen molar-refractivity contribution in [1.29, 1.82) is 0 Å². The molecule has 0 amide bonds. The predicted octanol–water partition coefficient (Wildman–Crippen LogP) is 1.03. The van der Waals surface area contributed by atoms with E-state index < -0.39 is 0 Å². The average molecular weight is 241 g/mol. The molecule has 1 nitrogen and oxygen atoms in total. The van der Waals surface area contributed by atoms with Gasteiger partial charge < -0.3 is 4.90 Å². The van der Waals surface area contributed by atoms with Gasteiger partial charge in [-0.25, -0.2) is 0 Å². The molecule has 65 valence electrons. The molecule has 0 saturated heterocycles. The van der Waals surface area contributed by atoms with Crippen LogP contribution >= 0.6 is 12.4 Å². The van der Waals surface area contributed by atoms with Crippen LogP contribution in [0.3, 0.4) is 0 Å². The van der Waals surface area contributed by atoms with E-state index in [0.717, 1.165) is 6.54 Å². The molecule has 1 rings (SSSR count). The Morgan fingerprint density at radius 3 is 1.71 bits per heavy atom. The summed E-state index contributed by atoms with van der Waals surface area (Å²) in [4.78, 5) is 2.16. The molecule has 0 fully saturated rings. The van der Waals surface area contributed by atoms with Crippen molar-refractivity contribution in [2.45, 2.75) is 6.54 Å². The fourth-order valence-corrected chi connectivity index (χ4v) is 0.949. The monoisotopic (exact) mass is 240 g/mol. The molecular formula is C9H14ClNNa3. The molecule has 1 aromatic rings. The average Bonchev–Trinajstić information content (AvgIpc) is 1.88. The number of rotatable bonds is 2. The van der Waals surface area contributed by atoms with E-state index in [-0.39, 0.29) is 101 Å². The number of hydrogen-bond acceptors (Lipinski definition) is 1. The first-order valence-electron chi connectivity index (χ1n) is 3.47. The topological polar surface area (TPSA) is 3.24 Å². The molecule has 0 atom stereocenters. The summed E-state index contributed by atoms with van der Waals surface area (Å²) in [5.41, 5.74) is 1.37. The van der Waals surface area contributed by atoms with Crippen LogP contribution in [-0.2, 0) is 6.54 Å². The molecule has 1 aromatic carbocycles. The Labute approximate surface area is 160 Å². The molecule has 0 saturated carbocycles. The van der Waals surface area contributed by atoms with Crippen LogP contribution in [0.2, 0.25) is 0 Å². The van der Waals surface area contributed by atoms with Crippen LogP contribution in [0.4, 0.5) is 0 Å². The molecule has 0 aliphatic carbocycles. The van der Waals surface area contributed by atoms with Crippen molar-refractivity contribution in [1.82, 2.24) is 4.90 Å². The Kier molecular flexibility index (Phi) is 28.0. The normalized spacial score (nSPS) is 7.36. The van der Waals surface area contributed by atoms with Crippen molar-refractivity contribution in [3.05, 3.63) is 35.9 Å². The molecule has 5 heteroatoms. The molecule has 0 unspecified atom stereocenters. The van der Waals surface area contributed by atoms with Gasteiger partial charge in [0.15, 0.2) is 0 Å². The maximum Gasteiger partial charge on any atom is 0.0227 e. The van der Waals surface area contributed by atoms with Crippen molar-refractivity contribution in [3.8, 4) is 0 Å². The molecular weight excluding hydrogens is 227 g/mol. The standard InChI is InChI=1S/C9H13N.ClH.3Na/c1-10(2)8-9-6-4-3-5-7-9;;;;/h3-7H,8H2,1-2H3;1H;;;. The van der Waals surface area contributed by atoms with Crippen molar-refractivity contribution >= 4 is 101 Å². The molecule has 3 radical (unpaired) electrons. The summed E-state index contributed by atoms with van der Waals surface area (Å²) in [6.45, 7) is 1.03. The second-order valence-corrected chi connectivity index (χ2v) is 2.72. The smallest absolute Gasteiger partial charge is 0.0227 e. The Morgan fingerprint density at radius 1 is 0.929 bits per heavy atom. The van der Waals surface area contributed by atoms with Gasteiger partial charge >= 0.3 is 0 Å². The van der Waals surface area contributed by atoms with E-state index >= 15 is 0 Å². The molecule has 0 aliphatic heterocycles. The van der Waals surface area contributed by atoms with Gasteiger partial charge in [0.1, 0.15) is 0 Å². The van der Waals surface area contributed by atoms with E-state index in [2.05, 4.69) is 43.3 Å². The third kappa shape index (κ3) is 12.5. The van der Waals surface area contributed by atoms with Crippen LogP contribution in [-0.4, -0.2) is 108 Å². The van der Waals surface area contributed by atoms with Crippen molar-refractivity contribution in [2.24, 2.45) is 0 Å².